The van der Waals surface area contributed by atoms with Gasteiger partial charge in [-0.25, -0.2) is 0 Å². The summed E-state index contributed by atoms with van der Waals surface area (Å²) in [5.41, 5.74) is 1.56. The van der Waals surface area contributed by atoms with Crippen molar-refractivity contribution in [1.29, 1.82) is 5.26 Å². The normalized spacial score (nSPS) is 10.1. The highest BCUT2D eigenvalue weighted by Crippen LogP contribution is 2.33. The van der Waals surface area contributed by atoms with Gasteiger partial charge < -0.3 is 14.8 Å². The summed E-state index contributed by atoms with van der Waals surface area (Å²) in [6.07, 6.45) is 0.367. The van der Waals surface area contributed by atoms with E-state index in [1.807, 2.05) is 18.2 Å². The molecule has 2 aromatic carbocycles. The fourth-order valence-corrected chi connectivity index (χ4v) is 2.87. The predicted octanol–water partition coefficient (Wildman–Crippen LogP) is 4.15. The van der Waals surface area contributed by atoms with Crippen LogP contribution in [0.4, 0.5) is 0 Å². The second-order valence-corrected chi connectivity index (χ2v) is 6.19. The number of rotatable bonds is 8. The minimum Gasteiger partial charge on any atom is -0.493 e. The standard InChI is InChI=1S/C19H18Cl2N2O3/c1-25-17-7-2-4-13(9-11-23-18(24)8-10-22)19(17)26-12-14-15(20)5-3-6-16(14)21/h2-7H,8-9,11-12H2,1H3,(H,23,24). The Labute approximate surface area is 162 Å². The molecule has 5 nitrogen and oxygen atoms in total. The van der Waals surface area contributed by atoms with E-state index >= 15 is 0 Å². The van der Waals surface area contributed by atoms with Gasteiger partial charge >= 0.3 is 0 Å². The molecule has 0 aromatic heterocycles. The average molecular weight is 393 g/mol. The second-order valence-electron chi connectivity index (χ2n) is 5.37. The van der Waals surface area contributed by atoms with Crippen molar-refractivity contribution in [2.45, 2.75) is 19.4 Å². The van der Waals surface area contributed by atoms with E-state index < -0.39 is 0 Å². The van der Waals surface area contributed by atoms with Gasteiger partial charge in [0.25, 0.3) is 0 Å². The Morgan fingerprint density at radius 1 is 1.19 bits per heavy atom. The van der Waals surface area contributed by atoms with E-state index in [0.717, 1.165) is 5.56 Å². The summed E-state index contributed by atoms with van der Waals surface area (Å²) in [5.74, 6) is 0.843. The van der Waals surface area contributed by atoms with Crippen molar-refractivity contribution in [1.82, 2.24) is 5.32 Å². The lowest BCUT2D eigenvalue weighted by Gasteiger charge is -2.16. The van der Waals surface area contributed by atoms with E-state index in [9.17, 15) is 4.79 Å². The zero-order valence-electron chi connectivity index (χ0n) is 14.2. The largest absolute Gasteiger partial charge is 0.493 e. The quantitative estimate of drug-likeness (QED) is 0.731. The van der Waals surface area contributed by atoms with Crippen molar-refractivity contribution in [3.63, 3.8) is 0 Å². The van der Waals surface area contributed by atoms with E-state index in [1.165, 1.54) is 0 Å². The van der Waals surface area contributed by atoms with Crippen LogP contribution in [0.3, 0.4) is 0 Å². The molecule has 0 spiro atoms. The molecule has 0 aliphatic heterocycles. The summed E-state index contributed by atoms with van der Waals surface area (Å²) in [5, 5.41) is 12.3. The SMILES string of the molecule is COc1cccc(CCNC(=O)CC#N)c1OCc1c(Cl)cccc1Cl. The number of para-hydroxylation sites is 1. The minimum absolute atomic E-state index is 0.160. The van der Waals surface area contributed by atoms with Crippen LogP contribution in [-0.2, 0) is 17.8 Å². The van der Waals surface area contributed by atoms with Crippen LogP contribution in [0.5, 0.6) is 11.5 Å². The fourth-order valence-electron chi connectivity index (χ4n) is 2.37. The van der Waals surface area contributed by atoms with Crippen LogP contribution in [-0.4, -0.2) is 19.6 Å². The van der Waals surface area contributed by atoms with Gasteiger partial charge in [0.1, 0.15) is 13.0 Å². The van der Waals surface area contributed by atoms with E-state index in [2.05, 4.69) is 5.32 Å². The van der Waals surface area contributed by atoms with Gasteiger partial charge in [0.15, 0.2) is 11.5 Å². The molecular formula is C19H18Cl2N2O3. The van der Waals surface area contributed by atoms with Crippen LogP contribution in [0, 0.1) is 11.3 Å². The summed E-state index contributed by atoms with van der Waals surface area (Å²) in [7, 11) is 1.56. The van der Waals surface area contributed by atoms with Crippen LogP contribution in [0.2, 0.25) is 10.0 Å². The number of hydrogen-bond donors (Lipinski definition) is 1. The first-order valence-electron chi connectivity index (χ1n) is 7.92. The maximum Gasteiger partial charge on any atom is 0.234 e. The molecule has 0 atom stereocenters. The molecule has 0 bridgehead atoms. The Morgan fingerprint density at radius 2 is 1.88 bits per heavy atom. The van der Waals surface area contributed by atoms with Crippen LogP contribution in [0.1, 0.15) is 17.5 Å². The number of carbonyl (C=O) groups is 1. The van der Waals surface area contributed by atoms with Gasteiger partial charge in [0.2, 0.25) is 5.91 Å². The van der Waals surface area contributed by atoms with Crippen LogP contribution in [0.25, 0.3) is 0 Å². The molecule has 1 N–H and O–H groups in total. The highest BCUT2D eigenvalue weighted by Gasteiger charge is 2.13. The third kappa shape index (κ3) is 5.29. The lowest BCUT2D eigenvalue weighted by atomic mass is 10.1. The highest BCUT2D eigenvalue weighted by atomic mass is 35.5. The molecule has 0 heterocycles. The molecule has 1 amide bonds. The lowest BCUT2D eigenvalue weighted by molar-refractivity contribution is -0.120. The van der Waals surface area contributed by atoms with Gasteiger partial charge in [-0.3, -0.25) is 4.79 Å². The molecule has 26 heavy (non-hydrogen) atoms. The highest BCUT2D eigenvalue weighted by molar-refractivity contribution is 6.35. The number of methoxy groups -OCH3 is 1. The van der Waals surface area contributed by atoms with Gasteiger partial charge in [-0.2, -0.15) is 5.26 Å². The number of amides is 1. The molecule has 2 rings (SSSR count). The number of nitrogens with zero attached hydrogens (tertiary/aromatic N) is 1. The van der Waals surface area contributed by atoms with Crippen molar-refractivity contribution < 1.29 is 14.3 Å². The van der Waals surface area contributed by atoms with E-state index in [4.69, 9.17) is 37.9 Å². The van der Waals surface area contributed by atoms with Gasteiger partial charge in [0, 0.05) is 22.2 Å². The fraction of sp³-hybridized carbons (Fsp3) is 0.263. The van der Waals surface area contributed by atoms with Crippen molar-refractivity contribution >= 4 is 29.1 Å². The number of nitriles is 1. The Bertz CT molecular complexity index is 799. The van der Waals surface area contributed by atoms with Gasteiger partial charge in [-0.05, 0) is 30.2 Å². The molecular weight excluding hydrogens is 375 g/mol. The average Bonchev–Trinajstić information content (AvgIpc) is 2.62. The van der Waals surface area contributed by atoms with E-state index in [-0.39, 0.29) is 18.9 Å². The van der Waals surface area contributed by atoms with Gasteiger partial charge in [-0.1, -0.05) is 41.4 Å². The smallest absolute Gasteiger partial charge is 0.234 e. The zero-order chi connectivity index (χ0) is 18.9. The van der Waals surface area contributed by atoms with Gasteiger partial charge in [0.05, 0.1) is 13.2 Å². The van der Waals surface area contributed by atoms with Crippen LogP contribution >= 0.6 is 23.2 Å². The number of ether oxygens (including phenoxy) is 2. The summed E-state index contributed by atoms with van der Waals surface area (Å²) in [4.78, 5) is 11.4. The third-order valence-electron chi connectivity index (χ3n) is 3.66. The van der Waals surface area contributed by atoms with E-state index in [0.29, 0.717) is 40.1 Å². The molecule has 0 saturated carbocycles. The summed E-state index contributed by atoms with van der Waals surface area (Å²) in [6.45, 7) is 0.573. The molecule has 2 aromatic rings. The van der Waals surface area contributed by atoms with Crippen molar-refractivity contribution in [3.05, 3.63) is 57.6 Å². The Balaban J connectivity index is 2.13. The number of halogens is 2. The van der Waals surface area contributed by atoms with Crippen LogP contribution in [0.15, 0.2) is 36.4 Å². The predicted molar refractivity (Wildman–Crippen MR) is 101 cm³/mol. The number of carbonyl (C=O) groups excluding carboxylic acids is 1. The number of hydrogen-bond acceptors (Lipinski definition) is 4. The first-order valence-corrected chi connectivity index (χ1v) is 8.67. The molecule has 0 radical (unpaired) electrons. The summed E-state index contributed by atoms with van der Waals surface area (Å²) >= 11 is 12.4. The second kappa shape index (κ2) is 9.91. The molecule has 136 valence electrons. The first-order chi connectivity index (χ1) is 12.6. The Morgan fingerprint density at radius 3 is 2.54 bits per heavy atom. The van der Waals surface area contributed by atoms with Crippen molar-refractivity contribution in [2.24, 2.45) is 0 Å². The Kier molecular flexibility index (Phi) is 7.58. The van der Waals surface area contributed by atoms with Crippen molar-refractivity contribution in [3.8, 4) is 17.6 Å². The lowest BCUT2D eigenvalue weighted by Crippen LogP contribution is -2.25. The molecule has 0 fully saturated rings. The summed E-state index contributed by atoms with van der Waals surface area (Å²) < 4.78 is 11.3. The first kappa shape index (κ1) is 19.9. The monoisotopic (exact) mass is 392 g/mol. The molecule has 0 unspecified atom stereocenters. The summed E-state index contributed by atoms with van der Waals surface area (Å²) in [6, 6.07) is 12.6. The molecule has 7 heteroatoms. The topological polar surface area (TPSA) is 71.3 Å². The number of benzene rings is 2. The number of nitrogens with one attached hydrogen (secondary N) is 1. The van der Waals surface area contributed by atoms with Crippen molar-refractivity contribution in [2.75, 3.05) is 13.7 Å². The minimum atomic E-state index is -0.305. The maximum atomic E-state index is 11.4. The maximum absolute atomic E-state index is 11.4. The van der Waals surface area contributed by atoms with Gasteiger partial charge in [-0.15, -0.1) is 0 Å². The van der Waals surface area contributed by atoms with E-state index in [1.54, 1.807) is 31.4 Å². The Hall–Kier alpha value is -2.42. The third-order valence-corrected chi connectivity index (χ3v) is 4.37. The van der Waals surface area contributed by atoms with Crippen LogP contribution < -0.4 is 14.8 Å². The zero-order valence-corrected chi connectivity index (χ0v) is 15.7. The molecule has 0 aliphatic rings. The molecule has 0 saturated heterocycles. The molecule has 0 aliphatic carbocycles.